The second-order valence-electron chi connectivity index (χ2n) is 4.30. The van der Waals surface area contributed by atoms with Crippen LogP contribution >= 0.6 is 11.6 Å². The Kier molecular flexibility index (Phi) is 3.70. The van der Waals surface area contributed by atoms with Crippen LogP contribution in [0.3, 0.4) is 0 Å². The van der Waals surface area contributed by atoms with E-state index in [4.69, 9.17) is 16.3 Å². The molecule has 0 spiro atoms. The van der Waals surface area contributed by atoms with Gasteiger partial charge in [0.2, 0.25) is 0 Å². The maximum atomic E-state index is 10.6. The third-order valence-electron chi connectivity index (χ3n) is 2.85. The van der Waals surface area contributed by atoms with Gasteiger partial charge in [-0.1, -0.05) is 11.6 Å². The molecule has 1 saturated heterocycles. The molecule has 1 aliphatic rings. The molecule has 0 saturated carbocycles. The predicted molar refractivity (Wildman–Crippen MR) is 67.0 cm³/mol. The highest BCUT2D eigenvalue weighted by Gasteiger charge is 2.32. The Hall–Kier alpha value is -1.37. The van der Waals surface area contributed by atoms with Crippen LogP contribution in [0, 0.1) is 10.1 Å². The molecule has 98 valence electrons. The third-order valence-corrected chi connectivity index (χ3v) is 3.17. The van der Waals surface area contributed by atoms with E-state index in [1.54, 1.807) is 0 Å². The van der Waals surface area contributed by atoms with Crippen molar-refractivity contribution in [2.24, 2.45) is 0 Å². The number of anilines is 1. The summed E-state index contributed by atoms with van der Waals surface area (Å²) in [5.74, 6) is 0. The summed E-state index contributed by atoms with van der Waals surface area (Å²) in [7, 11) is 0. The summed E-state index contributed by atoms with van der Waals surface area (Å²) in [6.45, 7) is 1.11. The third kappa shape index (κ3) is 2.90. The van der Waals surface area contributed by atoms with E-state index in [0.29, 0.717) is 25.3 Å². The minimum absolute atomic E-state index is 0.0616. The summed E-state index contributed by atoms with van der Waals surface area (Å²) < 4.78 is 5.12. The van der Waals surface area contributed by atoms with Crippen LogP contribution in [-0.4, -0.2) is 35.4 Å². The number of non-ortho nitro benzene ring substituents is 1. The van der Waals surface area contributed by atoms with Gasteiger partial charge in [-0.15, -0.1) is 0 Å². The number of nitrogens with zero attached hydrogens (tertiary/aromatic N) is 1. The molecule has 7 heteroatoms. The van der Waals surface area contributed by atoms with Gasteiger partial charge in [-0.2, -0.15) is 0 Å². The van der Waals surface area contributed by atoms with E-state index in [1.807, 2.05) is 0 Å². The summed E-state index contributed by atoms with van der Waals surface area (Å²) in [6.07, 6.45) is 0.560. The normalized spacial score (nSPS) is 23.0. The molecule has 2 N–H and O–H groups in total. The van der Waals surface area contributed by atoms with E-state index in [9.17, 15) is 15.2 Å². The lowest BCUT2D eigenvalue weighted by Gasteiger charge is -2.21. The SMILES string of the molecule is O=[N+]([O-])c1ccc(NCC2(O)CCOC2)c(Cl)c1. The van der Waals surface area contributed by atoms with E-state index in [-0.39, 0.29) is 17.3 Å². The van der Waals surface area contributed by atoms with Crippen LogP contribution in [0.1, 0.15) is 6.42 Å². The van der Waals surface area contributed by atoms with Crippen LogP contribution < -0.4 is 5.32 Å². The van der Waals surface area contributed by atoms with Crippen molar-refractivity contribution in [3.63, 3.8) is 0 Å². The lowest BCUT2D eigenvalue weighted by molar-refractivity contribution is -0.384. The first kappa shape index (κ1) is 13.1. The largest absolute Gasteiger partial charge is 0.386 e. The van der Waals surface area contributed by atoms with Gasteiger partial charge in [0.15, 0.2) is 0 Å². The highest BCUT2D eigenvalue weighted by Crippen LogP contribution is 2.28. The highest BCUT2D eigenvalue weighted by molar-refractivity contribution is 6.33. The molecule has 1 heterocycles. The molecule has 0 aromatic heterocycles. The van der Waals surface area contributed by atoms with Crippen molar-refractivity contribution in [3.8, 4) is 0 Å². The average molecular weight is 273 g/mol. The standard InChI is InChI=1S/C11H13ClN2O4/c12-9-5-8(14(16)17)1-2-10(9)13-6-11(15)3-4-18-7-11/h1-2,5,13,15H,3-4,6-7H2. The number of aliphatic hydroxyl groups is 1. The molecule has 1 aliphatic heterocycles. The van der Waals surface area contributed by atoms with Gasteiger partial charge in [-0.25, -0.2) is 0 Å². The first-order chi connectivity index (χ1) is 8.50. The zero-order valence-electron chi connectivity index (χ0n) is 9.56. The fraction of sp³-hybridized carbons (Fsp3) is 0.455. The molecule has 2 rings (SSSR count). The molecular weight excluding hydrogens is 260 g/mol. The maximum Gasteiger partial charge on any atom is 0.271 e. The Balaban J connectivity index is 2.03. The summed E-state index contributed by atoms with van der Waals surface area (Å²) in [5, 5.41) is 23.8. The molecule has 0 amide bonds. The van der Waals surface area contributed by atoms with Crippen molar-refractivity contribution in [2.75, 3.05) is 25.1 Å². The van der Waals surface area contributed by atoms with Gasteiger partial charge in [0.05, 0.1) is 22.2 Å². The topological polar surface area (TPSA) is 84.6 Å². The number of nitrogens with one attached hydrogen (secondary N) is 1. The van der Waals surface area contributed by atoms with E-state index < -0.39 is 10.5 Å². The minimum Gasteiger partial charge on any atom is -0.386 e. The second kappa shape index (κ2) is 5.09. The smallest absolute Gasteiger partial charge is 0.271 e. The monoisotopic (exact) mass is 272 g/mol. The quantitative estimate of drug-likeness (QED) is 0.645. The number of halogens is 1. The lowest BCUT2D eigenvalue weighted by Crippen LogP contribution is -2.37. The molecular formula is C11H13ClN2O4. The van der Waals surface area contributed by atoms with E-state index >= 15 is 0 Å². The number of nitro benzene ring substituents is 1. The van der Waals surface area contributed by atoms with Crippen molar-refractivity contribution >= 4 is 23.0 Å². The Labute approximate surface area is 109 Å². The van der Waals surface area contributed by atoms with Gasteiger partial charge >= 0.3 is 0 Å². The Morgan fingerprint density at radius 1 is 1.61 bits per heavy atom. The highest BCUT2D eigenvalue weighted by atomic mass is 35.5. The molecule has 18 heavy (non-hydrogen) atoms. The molecule has 1 aromatic carbocycles. The van der Waals surface area contributed by atoms with Crippen LogP contribution in [0.15, 0.2) is 18.2 Å². The zero-order chi connectivity index (χ0) is 13.2. The lowest BCUT2D eigenvalue weighted by atomic mass is 10.0. The molecule has 0 radical (unpaired) electrons. The summed E-state index contributed by atoms with van der Waals surface area (Å²) in [5.41, 5.74) is -0.401. The van der Waals surface area contributed by atoms with E-state index in [0.717, 1.165) is 0 Å². The maximum absolute atomic E-state index is 10.6. The van der Waals surface area contributed by atoms with Gasteiger partial charge in [0.1, 0.15) is 5.60 Å². The van der Waals surface area contributed by atoms with E-state index in [2.05, 4.69) is 5.32 Å². The van der Waals surface area contributed by atoms with Gasteiger partial charge in [0, 0.05) is 31.7 Å². The van der Waals surface area contributed by atoms with E-state index in [1.165, 1.54) is 18.2 Å². The number of rotatable bonds is 4. The van der Waals surface area contributed by atoms with Gasteiger partial charge in [-0.05, 0) is 6.07 Å². The summed E-state index contributed by atoms with van der Waals surface area (Å²) in [6, 6.07) is 4.17. The molecule has 1 unspecified atom stereocenters. The number of benzene rings is 1. The Morgan fingerprint density at radius 3 is 2.94 bits per heavy atom. The van der Waals surface area contributed by atoms with Crippen molar-refractivity contribution in [1.29, 1.82) is 0 Å². The molecule has 6 nitrogen and oxygen atoms in total. The zero-order valence-corrected chi connectivity index (χ0v) is 10.3. The van der Waals surface area contributed by atoms with Gasteiger partial charge in [0.25, 0.3) is 5.69 Å². The first-order valence-electron chi connectivity index (χ1n) is 5.48. The first-order valence-corrected chi connectivity index (χ1v) is 5.86. The number of ether oxygens (including phenoxy) is 1. The van der Waals surface area contributed by atoms with Crippen LogP contribution in [0.5, 0.6) is 0 Å². The van der Waals surface area contributed by atoms with Crippen molar-refractivity contribution in [3.05, 3.63) is 33.3 Å². The number of hydrogen-bond acceptors (Lipinski definition) is 5. The van der Waals surface area contributed by atoms with Crippen molar-refractivity contribution < 1.29 is 14.8 Å². The molecule has 1 fully saturated rings. The molecule has 0 aliphatic carbocycles. The number of hydrogen-bond donors (Lipinski definition) is 2. The predicted octanol–water partition coefficient (Wildman–Crippen LogP) is 1.81. The second-order valence-corrected chi connectivity index (χ2v) is 4.71. The van der Waals surface area contributed by atoms with Crippen LogP contribution in [-0.2, 0) is 4.74 Å². The van der Waals surface area contributed by atoms with Crippen LogP contribution in [0.4, 0.5) is 11.4 Å². The fourth-order valence-corrected chi connectivity index (χ4v) is 2.00. The molecule has 1 atom stereocenters. The summed E-state index contributed by atoms with van der Waals surface area (Å²) in [4.78, 5) is 10.0. The Morgan fingerprint density at radius 2 is 2.39 bits per heavy atom. The number of nitro groups is 1. The fourth-order valence-electron chi connectivity index (χ4n) is 1.76. The average Bonchev–Trinajstić information content (AvgIpc) is 2.75. The van der Waals surface area contributed by atoms with Crippen molar-refractivity contribution in [2.45, 2.75) is 12.0 Å². The van der Waals surface area contributed by atoms with Crippen molar-refractivity contribution in [1.82, 2.24) is 0 Å². The minimum atomic E-state index is -0.898. The molecule has 1 aromatic rings. The van der Waals surface area contributed by atoms with Crippen LogP contribution in [0.25, 0.3) is 0 Å². The van der Waals surface area contributed by atoms with Crippen LogP contribution in [0.2, 0.25) is 5.02 Å². The Bertz CT molecular complexity index is 460. The molecule has 0 bridgehead atoms. The summed E-state index contributed by atoms with van der Waals surface area (Å²) >= 11 is 5.92. The van der Waals surface area contributed by atoms with Gasteiger partial charge in [-0.3, -0.25) is 10.1 Å². The van der Waals surface area contributed by atoms with Gasteiger partial charge < -0.3 is 15.2 Å².